The summed E-state index contributed by atoms with van der Waals surface area (Å²) in [4.78, 5) is 0. The zero-order valence-corrected chi connectivity index (χ0v) is 13.4. The van der Waals surface area contributed by atoms with Crippen LogP contribution in [0.1, 0.15) is 45.2 Å². The van der Waals surface area contributed by atoms with Crippen LogP contribution in [-0.4, -0.2) is 25.8 Å². The number of hydrogen-bond donors (Lipinski definition) is 1. The maximum absolute atomic E-state index is 5.55. The maximum atomic E-state index is 5.55. The van der Waals surface area contributed by atoms with Gasteiger partial charge in [0.15, 0.2) is 0 Å². The first-order valence-electron chi connectivity index (χ1n) is 7.91. The summed E-state index contributed by atoms with van der Waals surface area (Å²) in [5, 5.41) is 3.64. The standard InChI is InChI=1S/C18H29NO/c1-5-19-17(15-10-11-20-13-15)12-14-6-8-16(9-7-14)18(2,3)4/h6-9,15,17,19H,5,10-13H2,1-4H3. The lowest BCUT2D eigenvalue weighted by Gasteiger charge is -2.24. The van der Waals surface area contributed by atoms with E-state index in [4.69, 9.17) is 4.74 Å². The summed E-state index contributed by atoms with van der Waals surface area (Å²) in [7, 11) is 0. The highest BCUT2D eigenvalue weighted by Gasteiger charge is 2.25. The highest BCUT2D eigenvalue weighted by atomic mass is 16.5. The Morgan fingerprint density at radius 1 is 1.25 bits per heavy atom. The number of ether oxygens (including phenoxy) is 1. The van der Waals surface area contributed by atoms with Crippen LogP contribution < -0.4 is 5.32 Å². The van der Waals surface area contributed by atoms with E-state index in [9.17, 15) is 0 Å². The van der Waals surface area contributed by atoms with Crippen molar-refractivity contribution in [2.75, 3.05) is 19.8 Å². The van der Waals surface area contributed by atoms with Crippen molar-refractivity contribution < 1.29 is 4.74 Å². The third-order valence-corrected chi connectivity index (χ3v) is 4.28. The average molecular weight is 275 g/mol. The van der Waals surface area contributed by atoms with Gasteiger partial charge in [-0.1, -0.05) is 52.0 Å². The molecule has 112 valence electrons. The minimum absolute atomic E-state index is 0.235. The molecule has 1 aromatic rings. The molecule has 1 heterocycles. The van der Waals surface area contributed by atoms with Crippen LogP contribution in [0.25, 0.3) is 0 Å². The fourth-order valence-electron chi connectivity index (χ4n) is 2.93. The summed E-state index contributed by atoms with van der Waals surface area (Å²) >= 11 is 0. The number of benzene rings is 1. The second-order valence-corrected chi connectivity index (χ2v) is 6.94. The number of nitrogens with one attached hydrogen (secondary N) is 1. The minimum atomic E-state index is 0.235. The van der Waals surface area contributed by atoms with Crippen molar-refractivity contribution >= 4 is 0 Å². The Morgan fingerprint density at radius 3 is 2.45 bits per heavy atom. The van der Waals surface area contributed by atoms with Gasteiger partial charge in [-0.3, -0.25) is 0 Å². The lowest BCUT2D eigenvalue weighted by molar-refractivity contribution is 0.176. The lowest BCUT2D eigenvalue weighted by Crippen LogP contribution is -2.38. The minimum Gasteiger partial charge on any atom is -0.381 e. The van der Waals surface area contributed by atoms with Gasteiger partial charge < -0.3 is 10.1 Å². The first kappa shape index (κ1) is 15.5. The van der Waals surface area contributed by atoms with Crippen molar-refractivity contribution in [1.29, 1.82) is 0 Å². The van der Waals surface area contributed by atoms with E-state index in [0.717, 1.165) is 26.2 Å². The van der Waals surface area contributed by atoms with Gasteiger partial charge in [0.05, 0.1) is 6.61 Å². The first-order valence-corrected chi connectivity index (χ1v) is 7.91. The van der Waals surface area contributed by atoms with E-state index in [2.05, 4.69) is 57.3 Å². The summed E-state index contributed by atoms with van der Waals surface area (Å²) in [6, 6.07) is 9.69. The van der Waals surface area contributed by atoms with Crippen molar-refractivity contribution in [2.45, 2.75) is 52.0 Å². The summed E-state index contributed by atoms with van der Waals surface area (Å²) in [5.74, 6) is 0.664. The molecule has 0 amide bonds. The second-order valence-electron chi connectivity index (χ2n) is 6.94. The van der Waals surface area contributed by atoms with Crippen LogP contribution >= 0.6 is 0 Å². The van der Waals surface area contributed by atoms with Crippen LogP contribution in [0.2, 0.25) is 0 Å². The van der Waals surface area contributed by atoms with Crippen molar-refractivity contribution in [2.24, 2.45) is 5.92 Å². The van der Waals surface area contributed by atoms with E-state index in [0.29, 0.717) is 12.0 Å². The van der Waals surface area contributed by atoms with Gasteiger partial charge in [0.25, 0.3) is 0 Å². The number of hydrogen-bond acceptors (Lipinski definition) is 2. The van der Waals surface area contributed by atoms with Gasteiger partial charge in [0.1, 0.15) is 0 Å². The van der Waals surface area contributed by atoms with Gasteiger partial charge in [-0.05, 0) is 35.9 Å². The van der Waals surface area contributed by atoms with Crippen molar-refractivity contribution in [3.63, 3.8) is 0 Å². The normalized spacial score (nSPS) is 21.1. The molecule has 0 spiro atoms. The molecule has 2 unspecified atom stereocenters. The molecule has 1 saturated heterocycles. The predicted molar refractivity (Wildman–Crippen MR) is 85.2 cm³/mol. The predicted octanol–water partition coefficient (Wildman–Crippen LogP) is 3.54. The molecule has 2 nitrogen and oxygen atoms in total. The van der Waals surface area contributed by atoms with Crippen LogP contribution in [-0.2, 0) is 16.6 Å². The zero-order valence-electron chi connectivity index (χ0n) is 13.4. The fraction of sp³-hybridized carbons (Fsp3) is 0.667. The SMILES string of the molecule is CCNC(Cc1ccc(C(C)(C)C)cc1)C1CCOC1. The van der Waals surface area contributed by atoms with Gasteiger partial charge in [-0.15, -0.1) is 0 Å². The highest BCUT2D eigenvalue weighted by Crippen LogP contribution is 2.24. The molecule has 0 aliphatic carbocycles. The van der Waals surface area contributed by atoms with Gasteiger partial charge in [-0.25, -0.2) is 0 Å². The summed E-state index contributed by atoms with van der Waals surface area (Å²) in [6.45, 7) is 11.8. The third-order valence-electron chi connectivity index (χ3n) is 4.28. The summed E-state index contributed by atoms with van der Waals surface area (Å²) in [5.41, 5.74) is 3.07. The van der Waals surface area contributed by atoms with Gasteiger partial charge in [-0.2, -0.15) is 0 Å². The van der Waals surface area contributed by atoms with Crippen LogP contribution in [0.3, 0.4) is 0 Å². The van der Waals surface area contributed by atoms with Crippen molar-refractivity contribution in [3.8, 4) is 0 Å². The summed E-state index contributed by atoms with van der Waals surface area (Å²) in [6.07, 6.45) is 2.30. The molecular formula is C18H29NO. The Balaban J connectivity index is 2.02. The molecule has 0 radical (unpaired) electrons. The Bertz CT molecular complexity index is 398. The molecule has 1 aromatic carbocycles. The lowest BCUT2D eigenvalue weighted by atomic mass is 9.85. The Morgan fingerprint density at radius 2 is 1.95 bits per heavy atom. The van der Waals surface area contributed by atoms with Gasteiger partial charge in [0.2, 0.25) is 0 Å². The fourth-order valence-corrected chi connectivity index (χ4v) is 2.93. The molecule has 0 saturated carbocycles. The monoisotopic (exact) mass is 275 g/mol. The molecule has 2 rings (SSSR count). The van der Waals surface area contributed by atoms with Crippen molar-refractivity contribution in [1.82, 2.24) is 5.32 Å². The average Bonchev–Trinajstić information content (AvgIpc) is 2.91. The molecule has 1 N–H and O–H groups in total. The molecular weight excluding hydrogens is 246 g/mol. The van der Waals surface area contributed by atoms with Crippen LogP contribution in [0.15, 0.2) is 24.3 Å². The Kier molecular flexibility index (Phi) is 5.22. The van der Waals surface area contributed by atoms with E-state index < -0.39 is 0 Å². The molecule has 1 aliphatic rings. The molecule has 1 aliphatic heterocycles. The quantitative estimate of drug-likeness (QED) is 0.887. The van der Waals surface area contributed by atoms with Crippen LogP contribution in [0.5, 0.6) is 0 Å². The molecule has 2 atom stereocenters. The Labute approximate surface area is 123 Å². The largest absolute Gasteiger partial charge is 0.381 e. The molecule has 1 fully saturated rings. The second kappa shape index (κ2) is 6.73. The van der Waals surface area contributed by atoms with Gasteiger partial charge in [0, 0.05) is 18.6 Å². The zero-order chi connectivity index (χ0) is 14.6. The van der Waals surface area contributed by atoms with Crippen LogP contribution in [0.4, 0.5) is 0 Å². The van der Waals surface area contributed by atoms with E-state index in [1.165, 1.54) is 17.5 Å². The molecule has 0 aromatic heterocycles. The van der Waals surface area contributed by atoms with Gasteiger partial charge >= 0.3 is 0 Å². The highest BCUT2D eigenvalue weighted by molar-refractivity contribution is 5.28. The van der Waals surface area contributed by atoms with Crippen LogP contribution in [0, 0.1) is 5.92 Å². The number of rotatable bonds is 5. The Hall–Kier alpha value is -0.860. The summed E-state index contributed by atoms with van der Waals surface area (Å²) < 4.78 is 5.55. The maximum Gasteiger partial charge on any atom is 0.0510 e. The number of likely N-dealkylation sites (N-methyl/N-ethyl adjacent to an activating group) is 1. The smallest absolute Gasteiger partial charge is 0.0510 e. The topological polar surface area (TPSA) is 21.3 Å². The third kappa shape index (κ3) is 4.07. The van der Waals surface area contributed by atoms with E-state index in [1.54, 1.807) is 0 Å². The molecule has 20 heavy (non-hydrogen) atoms. The van der Waals surface area contributed by atoms with E-state index >= 15 is 0 Å². The van der Waals surface area contributed by atoms with E-state index in [-0.39, 0.29) is 5.41 Å². The van der Waals surface area contributed by atoms with E-state index in [1.807, 2.05) is 0 Å². The van der Waals surface area contributed by atoms with Crippen molar-refractivity contribution in [3.05, 3.63) is 35.4 Å². The molecule has 2 heteroatoms. The molecule has 0 bridgehead atoms. The first-order chi connectivity index (χ1) is 9.50.